The highest BCUT2D eigenvalue weighted by Crippen LogP contribution is 2.13. The summed E-state index contributed by atoms with van der Waals surface area (Å²) in [6.45, 7) is 7.42. The summed E-state index contributed by atoms with van der Waals surface area (Å²) in [4.78, 5) is 26.6. The summed E-state index contributed by atoms with van der Waals surface area (Å²) in [7, 11) is 0. The van der Waals surface area contributed by atoms with Gasteiger partial charge in [0.2, 0.25) is 5.82 Å². The molecular weight excluding hydrogens is 248 g/mol. The molecule has 19 heavy (non-hydrogen) atoms. The zero-order valence-electron chi connectivity index (χ0n) is 11.6. The summed E-state index contributed by atoms with van der Waals surface area (Å²) < 4.78 is 0. The molecule has 1 heterocycles. The first kappa shape index (κ1) is 15.1. The molecule has 0 fully saturated rings. The Kier molecular flexibility index (Phi) is 4.63. The molecule has 7 nitrogen and oxygen atoms in total. The van der Waals surface area contributed by atoms with Crippen LogP contribution >= 0.6 is 0 Å². The Labute approximate surface area is 111 Å². The molecule has 0 saturated carbocycles. The van der Waals surface area contributed by atoms with Crippen LogP contribution in [0, 0.1) is 0 Å². The summed E-state index contributed by atoms with van der Waals surface area (Å²) in [5.74, 6) is -0.407. The van der Waals surface area contributed by atoms with Crippen molar-refractivity contribution in [3.05, 3.63) is 11.6 Å². The van der Waals surface area contributed by atoms with Gasteiger partial charge in [-0.1, -0.05) is 13.8 Å². The summed E-state index contributed by atoms with van der Waals surface area (Å²) in [6.07, 6.45) is 0.341. The van der Waals surface area contributed by atoms with E-state index >= 15 is 0 Å². The number of carboxylic acids is 1. The molecule has 1 aromatic heterocycles. The van der Waals surface area contributed by atoms with Crippen LogP contribution in [0.2, 0.25) is 0 Å². The summed E-state index contributed by atoms with van der Waals surface area (Å²) in [5.41, 5.74) is -0.617. The van der Waals surface area contributed by atoms with Crippen molar-refractivity contribution in [1.29, 1.82) is 0 Å². The Bertz CT molecular complexity index is 465. The van der Waals surface area contributed by atoms with E-state index in [1.54, 1.807) is 13.8 Å². The van der Waals surface area contributed by atoms with Crippen LogP contribution in [0.5, 0.6) is 0 Å². The van der Waals surface area contributed by atoms with E-state index in [0.29, 0.717) is 12.2 Å². The fraction of sp³-hybridized carbons (Fsp3) is 0.667. The molecule has 0 saturated heterocycles. The largest absolute Gasteiger partial charge is 0.481 e. The number of aliphatic carboxylic acids is 1. The average molecular weight is 268 g/mol. The van der Waals surface area contributed by atoms with Gasteiger partial charge in [-0.25, -0.2) is 4.98 Å². The van der Waals surface area contributed by atoms with E-state index in [1.807, 2.05) is 13.8 Å². The highest BCUT2D eigenvalue weighted by atomic mass is 16.4. The number of rotatable bonds is 6. The Balaban J connectivity index is 2.64. The number of carbonyl (C=O) groups is 2. The van der Waals surface area contributed by atoms with Crippen LogP contribution in [0.25, 0.3) is 0 Å². The zero-order valence-corrected chi connectivity index (χ0v) is 11.6. The Morgan fingerprint density at radius 3 is 2.53 bits per heavy atom. The van der Waals surface area contributed by atoms with E-state index in [4.69, 9.17) is 5.11 Å². The second-order valence-corrected chi connectivity index (χ2v) is 5.43. The lowest BCUT2D eigenvalue weighted by molar-refractivity contribution is -0.137. The Hall–Kier alpha value is -1.92. The number of aromatic nitrogens is 3. The van der Waals surface area contributed by atoms with E-state index in [2.05, 4.69) is 20.5 Å². The monoisotopic (exact) mass is 268 g/mol. The van der Waals surface area contributed by atoms with Gasteiger partial charge < -0.3 is 10.4 Å². The molecule has 1 aromatic rings. The molecule has 3 N–H and O–H groups in total. The molecule has 0 radical (unpaired) electrons. The van der Waals surface area contributed by atoms with Gasteiger partial charge in [0.25, 0.3) is 5.91 Å². The maximum atomic E-state index is 11.9. The van der Waals surface area contributed by atoms with Crippen molar-refractivity contribution in [1.82, 2.24) is 20.5 Å². The standard InChI is InChI=1S/C12H20N4O3/c1-7(2)9-13-10(16-15-9)11(19)14-12(3,4)6-5-8(17)18/h7H,5-6H2,1-4H3,(H,14,19)(H,17,18)(H,13,15,16). The molecule has 0 aliphatic rings. The number of hydrogen-bond acceptors (Lipinski definition) is 4. The van der Waals surface area contributed by atoms with Crippen molar-refractivity contribution in [3.8, 4) is 0 Å². The third-order valence-corrected chi connectivity index (χ3v) is 2.67. The van der Waals surface area contributed by atoms with E-state index in [0.717, 1.165) is 0 Å². The fourth-order valence-corrected chi connectivity index (χ4v) is 1.48. The van der Waals surface area contributed by atoms with Crippen LogP contribution in [0.15, 0.2) is 0 Å². The lowest BCUT2D eigenvalue weighted by atomic mass is 9.98. The van der Waals surface area contributed by atoms with Gasteiger partial charge in [-0.05, 0) is 20.3 Å². The minimum absolute atomic E-state index is 0.00147. The van der Waals surface area contributed by atoms with Crippen molar-refractivity contribution < 1.29 is 14.7 Å². The number of hydrogen-bond donors (Lipinski definition) is 3. The van der Waals surface area contributed by atoms with Gasteiger partial charge in [0.05, 0.1) is 0 Å². The third kappa shape index (κ3) is 4.69. The van der Waals surface area contributed by atoms with Gasteiger partial charge in [0, 0.05) is 17.9 Å². The van der Waals surface area contributed by atoms with E-state index < -0.39 is 17.4 Å². The van der Waals surface area contributed by atoms with Crippen LogP contribution in [0.4, 0.5) is 0 Å². The van der Waals surface area contributed by atoms with Crippen LogP contribution in [-0.2, 0) is 4.79 Å². The molecule has 0 unspecified atom stereocenters. The first-order valence-electron chi connectivity index (χ1n) is 6.18. The molecule has 0 aliphatic carbocycles. The van der Waals surface area contributed by atoms with Crippen LogP contribution in [-0.4, -0.2) is 37.7 Å². The van der Waals surface area contributed by atoms with Crippen LogP contribution in [0.1, 0.15) is 62.9 Å². The molecule has 106 valence electrons. The number of carbonyl (C=O) groups excluding carboxylic acids is 1. The molecule has 0 aromatic carbocycles. The first-order valence-corrected chi connectivity index (χ1v) is 6.18. The lowest BCUT2D eigenvalue weighted by Crippen LogP contribution is -2.44. The topological polar surface area (TPSA) is 108 Å². The third-order valence-electron chi connectivity index (χ3n) is 2.67. The molecule has 7 heteroatoms. The molecule has 0 bridgehead atoms. The number of aromatic amines is 1. The fourth-order valence-electron chi connectivity index (χ4n) is 1.48. The van der Waals surface area contributed by atoms with Crippen LogP contribution in [0.3, 0.4) is 0 Å². The number of nitrogens with one attached hydrogen (secondary N) is 2. The average Bonchev–Trinajstić information content (AvgIpc) is 2.75. The van der Waals surface area contributed by atoms with Gasteiger partial charge in [0.1, 0.15) is 5.82 Å². The number of carboxylic acid groups (broad SMARTS) is 1. The van der Waals surface area contributed by atoms with Gasteiger partial charge >= 0.3 is 5.97 Å². The zero-order chi connectivity index (χ0) is 14.6. The van der Waals surface area contributed by atoms with Crippen molar-refractivity contribution in [2.75, 3.05) is 0 Å². The van der Waals surface area contributed by atoms with Gasteiger partial charge in [-0.15, -0.1) is 5.10 Å². The molecule has 0 aliphatic heterocycles. The SMILES string of the molecule is CC(C)c1nc(C(=O)NC(C)(C)CCC(=O)O)n[nH]1. The second kappa shape index (κ2) is 5.81. The number of amides is 1. The van der Waals surface area contributed by atoms with Gasteiger partial charge in [-0.2, -0.15) is 0 Å². The van der Waals surface area contributed by atoms with Crippen molar-refractivity contribution >= 4 is 11.9 Å². The maximum absolute atomic E-state index is 11.9. The Morgan fingerprint density at radius 1 is 1.42 bits per heavy atom. The summed E-state index contributed by atoms with van der Waals surface area (Å²) in [5, 5.41) is 17.9. The quantitative estimate of drug-likeness (QED) is 0.720. The summed E-state index contributed by atoms with van der Waals surface area (Å²) in [6, 6.07) is 0. The molecule has 0 atom stereocenters. The number of nitrogens with zero attached hydrogens (tertiary/aromatic N) is 2. The van der Waals surface area contributed by atoms with E-state index in [1.165, 1.54) is 0 Å². The van der Waals surface area contributed by atoms with Crippen molar-refractivity contribution in [2.24, 2.45) is 0 Å². The van der Waals surface area contributed by atoms with Crippen molar-refractivity contribution in [3.63, 3.8) is 0 Å². The predicted octanol–water partition coefficient (Wildman–Crippen LogP) is 1.30. The normalized spacial score (nSPS) is 11.6. The highest BCUT2D eigenvalue weighted by molar-refractivity contribution is 5.90. The maximum Gasteiger partial charge on any atom is 0.303 e. The Morgan fingerprint density at radius 2 is 2.05 bits per heavy atom. The smallest absolute Gasteiger partial charge is 0.303 e. The van der Waals surface area contributed by atoms with Crippen LogP contribution < -0.4 is 5.32 Å². The van der Waals surface area contributed by atoms with Crippen molar-refractivity contribution in [2.45, 2.75) is 52.0 Å². The number of H-pyrrole nitrogens is 1. The van der Waals surface area contributed by atoms with E-state index in [-0.39, 0.29) is 18.2 Å². The highest BCUT2D eigenvalue weighted by Gasteiger charge is 2.24. The molecule has 1 amide bonds. The first-order chi connectivity index (χ1) is 8.71. The van der Waals surface area contributed by atoms with Gasteiger partial charge in [-0.3, -0.25) is 14.7 Å². The molecule has 0 spiro atoms. The minimum Gasteiger partial charge on any atom is -0.481 e. The lowest BCUT2D eigenvalue weighted by Gasteiger charge is -2.24. The minimum atomic E-state index is -0.887. The van der Waals surface area contributed by atoms with Gasteiger partial charge in [0.15, 0.2) is 0 Å². The predicted molar refractivity (Wildman–Crippen MR) is 68.9 cm³/mol. The summed E-state index contributed by atoms with van der Waals surface area (Å²) >= 11 is 0. The van der Waals surface area contributed by atoms with E-state index in [9.17, 15) is 9.59 Å². The molecule has 1 rings (SSSR count). The molecular formula is C12H20N4O3. The second-order valence-electron chi connectivity index (χ2n) is 5.43.